The Morgan fingerprint density at radius 3 is 2.68 bits per heavy atom. The van der Waals surface area contributed by atoms with Crippen LogP contribution in [0.3, 0.4) is 0 Å². The molecule has 0 aromatic heterocycles. The molecule has 0 aliphatic carbocycles. The summed E-state index contributed by atoms with van der Waals surface area (Å²) >= 11 is 0. The van der Waals surface area contributed by atoms with Gasteiger partial charge in [0.05, 0.1) is 29.0 Å². The summed E-state index contributed by atoms with van der Waals surface area (Å²) in [7, 11) is -3.55. The van der Waals surface area contributed by atoms with Gasteiger partial charge in [-0.2, -0.15) is 18.4 Å². The Morgan fingerprint density at radius 1 is 1.32 bits per heavy atom. The molecular weight excluding hydrogens is 364 g/mol. The van der Waals surface area contributed by atoms with Gasteiger partial charge in [-0.3, -0.25) is 13.4 Å². The molecule has 5 nitrogen and oxygen atoms in total. The van der Waals surface area contributed by atoms with E-state index in [1.54, 1.807) is 0 Å². The van der Waals surface area contributed by atoms with E-state index >= 15 is 0 Å². The molecule has 3 aliphatic rings. The lowest BCUT2D eigenvalue weighted by Crippen LogP contribution is -2.39. The minimum atomic E-state index is -4.74. The van der Waals surface area contributed by atoms with Crippen LogP contribution in [0, 0.1) is 17.2 Å². The number of hydrogen-bond acceptors (Lipinski definition) is 5. The van der Waals surface area contributed by atoms with Gasteiger partial charge < -0.3 is 4.74 Å². The van der Waals surface area contributed by atoms with Crippen LogP contribution < -0.4 is 4.31 Å². The van der Waals surface area contributed by atoms with Crippen molar-refractivity contribution in [1.82, 2.24) is 0 Å². The Kier molecular flexibility index (Phi) is 3.54. The molecule has 1 aromatic carbocycles. The molecule has 3 heterocycles. The molecule has 10 heteroatoms. The van der Waals surface area contributed by atoms with Crippen molar-refractivity contribution in [2.75, 3.05) is 10.8 Å². The first kappa shape index (κ1) is 16.9. The normalized spacial score (nSPS) is 37.0. The monoisotopic (exact) mass is 378 g/mol. The van der Waals surface area contributed by atoms with Crippen LogP contribution in [0.25, 0.3) is 0 Å². The molecule has 3 aliphatic heterocycles. The van der Waals surface area contributed by atoms with E-state index in [1.807, 2.05) is 0 Å². The second kappa shape index (κ2) is 5.23. The molecule has 2 bridgehead atoms. The fourth-order valence-electron chi connectivity index (χ4n) is 4.08. The van der Waals surface area contributed by atoms with Gasteiger partial charge in [0.1, 0.15) is 17.5 Å². The third kappa shape index (κ3) is 2.33. The molecule has 25 heavy (non-hydrogen) atoms. The SMILES string of the molecule is N#Cc1ccc(N2C[C@H]3[C@H]([C@H]4O[C@@H]3C[C@H]4F)S2(O)O)cc1C(F)(F)F. The Labute approximate surface area is 142 Å². The minimum Gasteiger partial charge on any atom is -0.369 e. The molecule has 0 saturated carbocycles. The van der Waals surface area contributed by atoms with Crippen molar-refractivity contribution in [2.45, 2.75) is 36.2 Å². The molecule has 4 rings (SSSR count). The van der Waals surface area contributed by atoms with Crippen molar-refractivity contribution in [2.24, 2.45) is 5.92 Å². The molecular formula is C15H14F4N2O3S. The third-order valence-electron chi connectivity index (χ3n) is 5.15. The number of hydrogen-bond donors (Lipinski definition) is 2. The number of benzene rings is 1. The maximum absolute atomic E-state index is 13.9. The summed E-state index contributed by atoms with van der Waals surface area (Å²) in [6.45, 7) is 0.0735. The molecule has 0 amide bonds. The lowest BCUT2D eigenvalue weighted by molar-refractivity contribution is -0.137. The van der Waals surface area contributed by atoms with Crippen LogP contribution in [0.1, 0.15) is 17.5 Å². The number of fused-ring (bicyclic) bond motifs is 5. The summed E-state index contributed by atoms with van der Waals surface area (Å²) in [6, 6.07) is 4.48. The van der Waals surface area contributed by atoms with Crippen LogP contribution >= 0.6 is 10.8 Å². The fraction of sp³-hybridized carbons (Fsp3) is 0.533. The van der Waals surface area contributed by atoms with Gasteiger partial charge in [-0.1, -0.05) is 0 Å². The second-order valence-corrected chi connectivity index (χ2v) is 8.59. The molecule has 3 fully saturated rings. The summed E-state index contributed by atoms with van der Waals surface area (Å²) in [6.07, 6.45) is -7.28. The van der Waals surface area contributed by atoms with Gasteiger partial charge in [0.25, 0.3) is 0 Å². The van der Waals surface area contributed by atoms with E-state index in [1.165, 1.54) is 12.1 Å². The van der Waals surface area contributed by atoms with Crippen LogP contribution in [0.4, 0.5) is 23.2 Å². The van der Waals surface area contributed by atoms with E-state index in [9.17, 15) is 26.7 Å². The molecule has 136 valence electrons. The van der Waals surface area contributed by atoms with Crippen molar-refractivity contribution in [3.05, 3.63) is 29.3 Å². The van der Waals surface area contributed by atoms with E-state index in [4.69, 9.17) is 10.00 Å². The van der Waals surface area contributed by atoms with E-state index < -0.39 is 51.7 Å². The predicted molar refractivity (Wildman–Crippen MR) is 81.8 cm³/mol. The summed E-state index contributed by atoms with van der Waals surface area (Å²) < 4.78 is 81.2. The largest absolute Gasteiger partial charge is 0.417 e. The highest BCUT2D eigenvalue weighted by Crippen LogP contribution is 2.66. The van der Waals surface area contributed by atoms with Gasteiger partial charge in [0.2, 0.25) is 0 Å². The van der Waals surface area contributed by atoms with Gasteiger partial charge in [-0.05, 0) is 18.2 Å². The number of nitrogens with zero attached hydrogens (tertiary/aromatic N) is 2. The Bertz CT molecular complexity index is 766. The molecule has 0 unspecified atom stereocenters. The van der Waals surface area contributed by atoms with Crippen molar-refractivity contribution in [3.8, 4) is 6.07 Å². The number of nitriles is 1. The average molecular weight is 378 g/mol. The smallest absolute Gasteiger partial charge is 0.369 e. The number of halogens is 4. The zero-order chi connectivity index (χ0) is 18.1. The molecule has 0 radical (unpaired) electrons. The van der Waals surface area contributed by atoms with Crippen LogP contribution in [0.15, 0.2) is 18.2 Å². The van der Waals surface area contributed by atoms with Crippen LogP contribution in [0.2, 0.25) is 0 Å². The Morgan fingerprint density at radius 2 is 2.04 bits per heavy atom. The highest BCUT2D eigenvalue weighted by atomic mass is 32.3. The lowest BCUT2D eigenvalue weighted by Gasteiger charge is -2.43. The van der Waals surface area contributed by atoms with E-state index in [0.29, 0.717) is 0 Å². The van der Waals surface area contributed by atoms with Gasteiger partial charge in [-0.15, -0.1) is 10.8 Å². The Hall–Kier alpha value is -1.54. The average Bonchev–Trinajstić information content (AvgIpc) is 3.15. The van der Waals surface area contributed by atoms with Gasteiger partial charge in [-0.25, -0.2) is 4.39 Å². The topological polar surface area (TPSA) is 76.7 Å². The molecule has 5 atom stereocenters. The molecule has 3 saturated heterocycles. The number of rotatable bonds is 1. The summed E-state index contributed by atoms with van der Waals surface area (Å²) in [5.74, 6) is -0.341. The van der Waals surface area contributed by atoms with Gasteiger partial charge in [0, 0.05) is 18.9 Å². The Balaban J connectivity index is 1.73. The van der Waals surface area contributed by atoms with E-state index in [-0.39, 0.29) is 24.6 Å². The molecule has 2 N–H and O–H groups in total. The highest BCUT2D eigenvalue weighted by molar-refractivity contribution is 8.26. The quantitative estimate of drug-likeness (QED) is 0.731. The third-order valence-corrected chi connectivity index (χ3v) is 7.51. The van der Waals surface area contributed by atoms with Crippen LogP contribution in [-0.4, -0.2) is 39.3 Å². The summed E-state index contributed by atoms with van der Waals surface area (Å²) in [4.78, 5) is 0. The zero-order valence-corrected chi connectivity index (χ0v) is 13.5. The number of alkyl halides is 4. The van der Waals surface area contributed by atoms with Crippen molar-refractivity contribution < 1.29 is 31.4 Å². The molecule has 1 aromatic rings. The first-order valence-corrected chi connectivity index (χ1v) is 9.17. The first-order chi connectivity index (χ1) is 11.6. The van der Waals surface area contributed by atoms with Crippen LogP contribution in [-0.2, 0) is 10.9 Å². The van der Waals surface area contributed by atoms with Crippen molar-refractivity contribution in [3.63, 3.8) is 0 Å². The fourth-order valence-corrected chi connectivity index (χ4v) is 6.51. The highest BCUT2D eigenvalue weighted by Gasteiger charge is 2.64. The lowest BCUT2D eigenvalue weighted by atomic mass is 9.87. The first-order valence-electron chi connectivity index (χ1n) is 7.60. The summed E-state index contributed by atoms with van der Waals surface area (Å²) in [5, 5.41) is 8.01. The predicted octanol–water partition coefficient (Wildman–Crippen LogP) is 3.56. The zero-order valence-electron chi connectivity index (χ0n) is 12.7. The number of anilines is 1. The van der Waals surface area contributed by atoms with E-state index in [2.05, 4.69) is 0 Å². The maximum atomic E-state index is 13.9. The maximum Gasteiger partial charge on any atom is 0.417 e. The number of ether oxygens (including phenoxy) is 1. The van der Waals surface area contributed by atoms with Crippen LogP contribution in [0.5, 0.6) is 0 Å². The minimum absolute atomic E-state index is 0.0458. The second-order valence-electron chi connectivity index (χ2n) is 6.48. The molecule has 0 spiro atoms. The van der Waals surface area contributed by atoms with E-state index in [0.717, 1.165) is 16.4 Å². The van der Waals surface area contributed by atoms with Gasteiger partial charge >= 0.3 is 6.18 Å². The summed E-state index contributed by atoms with van der Waals surface area (Å²) in [5.41, 5.74) is -1.72. The standard InChI is InChI=1S/C15H14F4N2O3S/c16-11-4-12-9-6-21(25(22,23)14(9)13(11)24-12)8-2-1-7(5-20)10(3-8)15(17,18)19/h1-3,9,11-14,22-23H,4,6H2/t9-,11-,12-,13+,14-/m1/s1. The van der Waals surface area contributed by atoms with Crippen molar-refractivity contribution >= 4 is 16.5 Å². The van der Waals surface area contributed by atoms with Gasteiger partial charge in [0.15, 0.2) is 0 Å². The van der Waals surface area contributed by atoms with Crippen molar-refractivity contribution in [1.29, 1.82) is 5.26 Å².